The zero-order valence-corrected chi connectivity index (χ0v) is 12.5. The number of hydrogen-bond donors (Lipinski definition) is 1. The third-order valence-electron chi connectivity index (χ3n) is 3.93. The van der Waals surface area contributed by atoms with Crippen LogP contribution in [0.4, 0.5) is 5.82 Å². The molecule has 9 heteroatoms. The highest BCUT2D eigenvalue weighted by molar-refractivity contribution is 5.81. The first-order valence-corrected chi connectivity index (χ1v) is 6.77. The van der Waals surface area contributed by atoms with Crippen molar-refractivity contribution >= 4 is 23.0 Å². The molecule has 2 aromatic heterocycles. The van der Waals surface area contributed by atoms with Gasteiger partial charge in [0.15, 0.2) is 23.8 Å². The molecule has 0 radical (unpaired) electrons. The Balaban J connectivity index is 2.02. The highest BCUT2D eigenvalue weighted by Crippen LogP contribution is 2.37. The van der Waals surface area contributed by atoms with E-state index in [1.807, 2.05) is 6.92 Å². The molecule has 0 unspecified atom stereocenters. The summed E-state index contributed by atoms with van der Waals surface area (Å²) in [6.45, 7) is 1.87. The van der Waals surface area contributed by atoms with Gasteiger partial charge in [-0.25, -0.2) is 19.7 Å². The van der Waals surface area contributed by atoms with Crippen LogP contribution in [0.1, 0.15) is 13.2 Å². The van der Waals surface area contributed by atoms with Gasteiger partial charge in [0, 0.05) is 13.0 Å². The quantitative estimate of drug-likeness (QED) is 0.796. The molecule has 4 atom stereocenters. The summed E-state index contributed by atoms with van der Waals surface area (Å²) in [5.74, 6) is -0.331. The number of imidazole rings is 1. The number of rotatable bonds is 3. The van der Waals surface area contributed by atoms with E-state index >= 15 is 0 Å². The van der Waals surface area contributed by atoms with E-state index in [1.165, 1.54) is 13.4 Å². The zero-order valence-electron chi connectivity index (χ0n) is 12.5. The number of nitrogen functional groups attached to an aromatic ring is 1. The average Bonchev–Trinajstić information content (AvgIpc) is 3.08. The molecule has 0 aliphatic carbocycles. The van der Waals surface area contributed by atoms with Crippen LogP contribution in [0.2, 0.25) is 0 Å². The summed E-state index contributed by atoms with van der Waals surface area (Å²) in [6, 6.07) is 0. The number of methoxy groups -OCH3 is 2. The maximum atomic E-state index is 11.8. The topological polar surface area (TPSA) is 114 Å². The Morgan fingerprint density at radius 3 is 2.82 bits per heavy atom. The Morgan fingerprint density at radius 1 is 1.36 bits per heavy atom. The van der Waals surface area contributed by atoms with Gasteiger partial charge in [-0.1, -0.05) is 6.92 Å². The fourth-order valence-corrected chi connectivity index (χ4v) is 2.78. The lowest BCUT2D eigenvalue weighted by atomic mass is 10.0. The molecule has 1 aliphatic rings. The zero-order chi connectivity index (χ0) is 15.9. The van der Waals surface area contributed by atoms with Crippen LogP contribution in [0.3, 0.4) is 0 Å². The second-order valence-electron chi connectivity index (χ2n) is 5.11. The van der Waals surface area contributed by atoms with Gasteiger partial charge in [0.05, 0.1) is 13.4 Å². The minimum absolute atomic E-state index is 0.181. The van der Waals surface area contributed by atoms with Crippen molar-refractivity contribution in [2.45, 2.75) is 25.4 Å². The average molecular weight is 307 g/mol. The van der Waals surface area contributed by atoms with Crippen LogP contribution in [-0.4, -0.2) is 51.9 Å². The summed E-state index contributed by atoms with van der Waals surface area (Å²) in [6.07, 6.45) is 1.30. The fraction of sp³-hybridized carbons (Fsp3) is 0.538. The molecule has 1 saturated heterocycles. The molecule has 0 bridgehead atoms. The van der Waals surface area contributed by atoms with Crippen LogP contribution >= 0.6 is 0 Å². The lowest BCUT2D eigenvalue weighted by molar-refractivity contribution is -0.157. The summed E-state index contributed by atoms with van der Waals surface area (Å²) < 4.78 is 17.8. The molecule has 0 amide bonds. The fourth-order valence-electron chi connectivity index (χ4n) is 2.78. The summed E-state index contributed by atoms with van der Waals surface area (Å²) in [5.41, 5.74) is 6.79. The van der Waals surface area contributed by atoms with Gasteiger partial charge in [-0.15, -0.1) is 0 Å². The lowest BCUT2D eigenvalue weighted by Gasteiger charge is -2.20. The van der Waals surface area contributed by atoms with Gasteiger partial charge < -0.3 is 19.9 Å². The Hall–Kier alpha value is -2.26. The van der Waals surface area contributed by atoms with Crippen molar-refractivity contribution in [1.29, 1.82) is 0 Å². The first kappa shape index (κ1) is 14.7. The number of carbonyl (C=O) groups is 1. The Morgan fingerprint density at radius 2 is 2.14 bits per heavy atom. The highest BCUT2D eigenvalue weighted by atomic mass is 16.6. The predicted molar refractivity (Wildman–Crippen MR) is 75.6 cm³/mol. The number of aromatic nitrogens is 4. The van der Waals surface area contributed by atoms with E-state index in [0.717, 1.165) is 0 Å². The van der Waals surface area contributed by atoms with Gasteiger partial charge in [-0.05, 0) is 0 Å². The standard InChI is InChI=1S/C13H17N5O4/c1-6-8(20-2)12(22-9(6)13(19)21-3)18-5-17-7-10(14)15-4-16-11(7)18/h4-6,8-9,12H,1-3H3,(H2,14,15,16)/t6-,8+,9-,12+/m0/s1. The molecular weight excluding hydrogens is 290 g/mol. The minimum atomic E-state index is -0.711. The van der Waals surface area contributed by atoms with Gasteiger partial charge in [-0.2, -0.15) is 0 Å². The van der Waals surface area contributed by atoms with Gasteiger partial charge in [0.25, 0.3) is 0 Å². The third-order valence-corrected chi connectivity index (χ3v) is 3.93. The number of nitrogens with two attached hydrogens (primary N) is 1. The van der Waals surface area contributed by atoms with E-state index in [0.29, 0.717) is 11.2 Å². The molecule has 9 nitrogen and oxygen atoms in total. The molecule has 2 N–H and O–H groups in total. The van der Waals surface area contributed by atoms with Crippen LogP contribution in [0.15, 0.2) is 12.7 Å². The lowest BCUT2D eigenvalue weighted by Crippen LogP contribution is -2.30. The van der Waals surface area contributed by atoms with E-state index in [-0.39, 0.29) is 17.8 Å². The van der Waals surface area contributed by atoms with Gasteiger partial charge >= 0.3 is 5.97 Å². The van der Waals surface area contributed by atoms with Crippen molar-refractivity contribution in [2.24, 2.45) is 5.92 Å². The van der Waals surface area contributed by atoms with Crippen molar-refractivity contribution in [3.05, 3.63) is 12.7 Å². The van der Waals surface area contributed by atoms with Crippen molar-refractivity contribution in [3.63, 3.8) is 0 Å². The van der Waals surface area contributed by atoms with E-state index in [9.17, 15) is 4.79 Å². The molecule has 0 saturated carbocycles. The molecule has 118 valence electrons. The molecule has 3 rings (SSSR count). The molecule has 0 aromatic carbocycles. The third kappa shape index (κ3) is 2.09. The Kier molecular flexibility index (Phi) is 3.67. The summed E-state index contributed by atoms with van der Waals surface area (Å²) >= 11 is 0. The molecule has 2 aromatic rings. The first-order chi connectivity index (χ1) is 10.6. The van der Waals surface area contributed by atoms with Crippen LogP contribution in [0.5, 0.6) is 0 Å². The van der Waals surface area contributed by atoms with Crippen molar-refractivity contribution in [1.82, 2.24) is 19.5 Å². The second-order valence-corrected chi connectivity index (χ2v) is 5.11. The monoisotopic (exact) mass is 307 g/mol. The molecule has 3 heterocycles. The molecular formula is C13H17N5O4. The maximum absolute atomic E-state index is 11.8. The second kappa shape index (κ2) is 5.50. The minimum Gasteiger partial charge on any atom is -0.467 e. The van der Waals surface area contributed by atoms with Gasteiger partial charge in [0.1, 0.15) is 17.9 Å². The van der Waals surface area contributed by atoms with Gasteiger partial charge in [-0.3, -0.25) is 4.57 Å². The van der Waals surface area contributed by atoms with E-state index in [2.05, 4.69) is 15.0 Å². The molecule has 22 heavy (non-hydrogen) atoms. The van der Waals surface area contributed by atoms with Crippen LogP contribution in [-0.2, 0) is 19.0 Å². The Bertz CT molecular complexity index is 703. The SMILES string of the molecule is COC(=O)[C@H]1O[C@@H](n2cnc3c(N)ncnc32)[C@H](OC)[C@@H]1C. The number of esters is 1. The summed E-state index contributed by atoms with van der Waals surface area (Å²) in [4.78, 5) is 24.1. The van der Waals surface area contributed by atoms with Crippen LogP contribution in [0, 0.1) is 5.92 Å². The van der Waals surface area contributed by atoms with Crippen LogP contribution in [0.25, 0.3) is 11.2 Å². The van der Waals surface area contributed by atoms with Gasteiger partial charge in [0.2, 0.25) is 0 Å². The van der Waals surface area contributed by atoms with Crippen LogP contribution < -0.4 is 5.73 Å². The molecule has 1 fully saturated rings. The Labute approximate surface area is 126 Å². The smallest absolute Gasteiger partial charge is 0.335 e. The van der Waals surface area contributed by atoms with Crippen molar-refractivity contribution < 1.29 is 19.0 Å². The van der Waals surface area contributed by atoms with Crippen molar-refractivity contribution in [2.75, 3.05) is 20.0 Å². The number of ether oxygens (including phenoxy) is 3. The normalized spacial score (nSPS) is 28.1. The number of fused-ring (bicyclic) bond motifs is 1. The van der Waals surface area contributed by atoms with E-state index in [1.54, 1.807) is 18.0 Å². The number of hydrogen-bond acceptors (Lipinski definition) is 8. The van der Waals surface area contributed by atoms with E-state index in [4.69, 9.17) is 19.9 Å². The summed E-state index contributed by atoms with van der Waals surface area (Å²) in [7, 11) is 2.90. The molecule has 0 spiro atoms. The largest absolute Gasteiger partial charge is 0.467 e. The molecule has 1 aliphatic heterocycles. The first-order valence-electron chi connectivity index (χ1n) is 6.77. The highest BCUT2D eigenvalue weighted by Gasteiger charge is 2.47. The van der Waals surface area contributed by atoms with Crippen molar-refractivity contribution in [3.8, 4) is 0 Å². The van der Waals surface area contributed by atoms with E-state index < -0.39 is 18.3 Å². The number of carbonyl (C=O) groups excluding carboxylic acids is 1. The number of nitrogens with zero attached hydrogens (tertiary/aromatic N) is 4. The summed E-state index contributed by atoms with van der Waals surface area (Å²) in [5, 5.41) is 0. The number of anilines is 1. The predicted octanol–water partition coefficient (Wildman–Crippen LogP) is 0.130. The maximum Gasteiger partial charge on any atom is 0.335 e.